The summed E-state index contributed by atoms with van der Waals surface area (Å²) in [5, 5.41) is 0.701. The van der Waals surface area contributed by atoms with E-state index in [4.69, 9.17) is 0 Å². The van der Waals surface area contributed by atoms with Gasteiger partial charge in [0, 0.05) is 17.6 Å². The zero-order chi connectivity index (χ0) is 12.7. The van der Waals surface area contributed by atoms with Crippen molar-refractivity contribution >= 4 is 31.7 Å². The van der Waals surface area contributed by atoms with Gasteiger partial charge in [-0.25, -0.2) is 0 Å². The molecule has 0 saturated heterocycles. The van der Waals surface area contributed by atoms with Crippen molar-refractivity contribution in [1.29, 1.82) is 0 Å². The second-order valence-corrected chi connectivity index (χ2v) is 5.38. The highest BCUT2D eigenvalue weighted by Crippen LogP contribution is 2.29. The summed E-state index contributed by atoms with van der Waals surface area (Å²) in [6.45, 7) is 0. The zero-order valence-electron chi connectivity index (χ0n) is 7.93. The van der Waals surface area contributed by atoms with Crippen LogP contribution in [0, 0.1) is 0 Å². The predicted octanol–water partition coefficient (Wildman–Crippen LogP) is 2.52. The number of rotatable bonds is 2. The number of benzene rings is 1. The summed E-state index contributed by atoms with van der Waals surface area (Å²) in [6.07, 6.45) is 1.52. The molecule has 4 nitrogen and oxygen atoms in total. The Morgan fingerprint density at radius 2 is 2.00 bits per heavy atom. The van der Waals surface area contributed by atoms with Crippen LogP contribution in [0.1, 0.15) is 0 Å². The number of hydrogen-bond acceptors (Lipinski definition) is 5. The van der Waals surface area contributed by atoms with E-state index in [0.717, 1.165) is 17.6 Å². The van der Waals surface area contributed by atoms with E-state index in [1.165, 1.54) is 18.3 Å². The van der Waals surface area contributed by atoms with Gasteiger partial charge in [0.25, 0.3) is 0 Å². The van der Waals surface area contributed by atoms with Gasteiger partial charge in [0.05, 0.1) is 4.70 Å². The van der Waals surface area contributed by atoms with Gasteiger partial charge in [-0.3, -0.25) is 0 Å². The Morgan fingerprint density at radius 1 is 1.29 bits per heavy atom. The third-order valence-corrected chi connectivity index (χ3v) is 3.56. The van der Waals surface area contributed by atoms with E-state index in [9.17, 15) is 21.6 Å². The highest BCUT2D eigenvalue weighted by molar-refractivity contribution is 7.88. The first-order chi connectivity index (χ1) is 7.79. The molecule has 0 radical (unpaired) electrons. The van der Waals surface area contributed by atoms with Gasteiger partial charge in [-0.15, -0.1) is 0 Å². The van der Waals surface area contributed by atoms with Crippen molar-refractivity contribution in [2.45, 2.75) is 5.51 Å². The van der Waals surface area contributed by atoms with Gasteiger partial charge >= 0.3 is 15.6 Å². The van der Waals surface area contributed by atoms with Gasteiger partial charge in [0.1, 0.15) is 5.75 Å². The number of nitrogens with zero attached hydrogens (tertiary/aromatic N) is 1. The van der Waals surface area contributed by atoms with E-state index in [-0.39, 0.29) is 5.75 Å². The molecule has 0 N–H and O–H groups in total. The Balaban J connectivity index is 2.36. The summed E-state index contributed by atoms with van der Waals surface area (Å²) in [6, 6.07) is 3.76. The summed E-state index contributed by atoms with van der Waals surface area (Å²) in [5.41, 5.74) is -5.43. The lowest BCUT2D eigenvalue weighted by molar-refractivity contribution is -0.0500. The highest BCUT2D eigenvalue weighted by Gasteiger charge is 2.48. The van der Waals surface area contributed by atoms with Crippen LogP contribution in [-0.4, -0.2) is 18.3 Å². The molecule has 0 aliphatic carbocycles. The number of aromatic nitrogens is 1. The Bertz CT molecular complexity index is 647. The minimum absolute atomic E-state index is 0.390. The molecule has 0 atom stereocenters. The maximum absolute atomic E-state index is 12.1. The number of fused-ring (bicyclic) bond motifs is 1. The molecule has 0 unspecified atom stereocenters. The topological polar surface area (TPSA) is 56.3 Å². The van der Waals surface area contributed by atoms with Crippen LogP contribution in [0.25, 0.3) is 10.1 Å². The Kier molecular flexibility index (Phi) is 2.74. The average molecular weight is 283 g/mol. The Labute approximate surface area is 97.9 Å². The van der Waals surface area contributed by atoms with Crippen LogP contribution in [0.15, 0.2) is 24.4 Å². The van der Waals surface area contributed by atoms with Gasteiger partial charge in [0.2, 0.25) is 0 Å². The van der Waals surface area contributed by atoms with Crippen molar-refractivity contribution < 1.29 is 25.8 Å². The lowest BCUT2D eigenvalue weighted by atomic mass is 10.3. The van der Waals surface area contributed by atoms with Crippen LogP contribution >= 0.6 is 11.5 Å². The Hall–Kier alpha value is -1.35. The largest absolute Gasteiger partial charge is 0.534 e. The summed E-state index contributed by atoms with van der Waals surface area (Å²) in [4.78, 5) is 0. The second-order valence-electron chi connectivity index (χ2n) is 3.01. The van der Waals surface area contributed by atoms with Crippen LogP contribution in [0.5, 0.6) is 5.75 Å². The van der Waals surface area contributed by atoms with Crippen LogP contribution in [0.3, 0.4) is 0 Å². The molecule has 0 amide bonds. The zero-order valence-corrected chi connectivity index (χ0v) is 9.56. The lowest BCUT2D eigenvalue weighted by Gasteiger charge is -2.08. The van der Waals surface area contributed by atoms with Gasteiger partial charge in [-0.05, 0) is 23.7 Å². The first-order valence-corrected chi connectivity index (χ1v) is 6.33. The molecule has 2 rings (SSSR count). The van der Waals surface area contributed by atoms with Crippen LogP contribution in [-0.2, 0) is 10.1 Å². The summed E-state index contributed by atoms with van der Waals surface area (Å²) in [5.74, 6) is -0.390. The maximum Gasteiger partial charge on any atom is 0.534 e. The fourth-order valence-corrected chi connectivity index (χ4v) is 2.19. The van der Waals surface area contributed by atoms with E-state index in [1.807, 2.05) is 0 Å². The molecule has 0 aliphatic rings. The minimum Gasteiger partial charge on any atom is -0.376 e. The normalized spacial score (nSPS) is 12.9. The second kappa shape index (κ2) is 3.84. The number of halogens is 3. The molecular formula is C8H4F3NO3S2. The molecule has 0 bridgehead atoms. The van der Waals surface area contributed by atoms with Gasteiger partial charge in [-0.2, -0.15) is 26.0 Å². The first-order valence-electron chi connectivity index (χ1n) is 4.15. The monoisotopic (exact) mass is 283 g/mol. The molecule has 1 heterocycles. The van der Waals surface area contributed by atoms with Crippen LogP contribution in [0.2, 0.25) is 0 Å². The highest BCUT2D eigenvalue weighted by atomic mass is 32.2. The van der Waals surface area contributed by atoms with Crippen LogP contribution < -0.4 is 4.18 Å². The number of hydrogen-bond donors (Lipinski definition) is 0. The minimum atomic E-state index is -5.62. The average Bonchev–Trinajstić information content (AvgIpc) is 2.62. The summed E-state index contributed by atoms with van der Waals surface area (Å²) < 4.78 is 65.9. The molecule has 0 spiro atoms. The van der Waals surface area contributed by atoms with E-state index in [0.29, 0.717) is 10.1 Å². The third-order valence-electron chi connectivity index (χ3n) is 1.82. The van der Waals surface area contributed by atoms with E-state index in [2.05, 4.69) is 8.56 Å². The molecule has 0 saturated carbocycles. The standard InChI is InChI=1S/C8H4F3NO3S2/c9-8(10,11)17(13,14)15-6-2-1-5-4-12-16-7(5)3-6/h1-4H. The smallest absolute Gasteiger partial charge is 0.376 e. The Morgan fingerprint density at radius 3 is 2.65 bits per heavy atom. The fourth-order valence-electron chi connectivity index (χ4n) is 1.07. The first kappa shape index (κ1) is 12.1. The molecule has 1 aromatic carbocycles. The van der Waals surface area contributed by atoms with Crippen LogP contribution in [0.4, 0.5) is 13.2 Å². The molecule has 0 fully saturated rings. The maximum atomic E-state index is 12.1. The predicted molar refractivity (Wildman–Crippen MR) is 55.2 cm³/mol. The molecular weight excluding hydrogens is 279 g/mol. The SMILES string of the molecule is O=S(=O)(Oc1ccc2cnsc2c1)C(F)(F)F. The van der Waals surface area contributed by atoms with Crippen molar-refractivity contribution in [1.82, 2.24) is 4.37 Å². The van der Waals surface area contributed by atoms with E-state index < -0.39 is 15.6 Å². The molecule has 17 heavy (non-hydrogen) atoms. The van der Waals surface area contributed by atoms with Gasteiger partial charge in [-0.1, -0.05) is 0 Å². The molecule has 9 heteroatoms. The summed E-state index contributed by atoms with van der Waals surface area (Å²) in [7, 11) is -5.62. The van der Waals surface area contributed by atoms with E-state index >= 15 is 0 Å². The van der Waals surface area contributed by atoms with Crippen molar-refractivity contribution in [2.75, 3.05) is 0 Å². The molecule has 2 aromatic rings. The van der Waals surface area contributed by atoms with Gasteiger partial charge in [0.15, 0.2) is 0 Å². The van der Waals surface area contributed by atoms with E-state index in [1.54, 1.807) is 0 Å². The molecule has 92 valence electrons. The molecule has 1 aromatic heterocycles. The molecule has 0 aliphatic heterocycles. The summed E-state index contributed by atoms with van der Waals surface area (Å²) >= 11 is 1.03. The fraction of sp³-hybridized carbons (Fsp3) is 0.125. The van der Waals surface area contributed by atoms with Crippen molar-refractivity contribution in [3.8, 4) is 5.75 Å². The third kappa shape index (κ3) is 2.34. The lowest BCUT2D eigenvalue weighted by Crippen LogP contribution is -2.27. The quantitative estimate of drug-likeness (QED) is 0.627. The van der Waals surface area contributed by atoms with Gasteiger partial charge < -0.3 is 4.18 Å². The van der Waals surface area contributed by atoms with Crippen molar-refractivity contribution in [2.24, 2.45) is 0 Å². The number of alkyl halides is 3. The van der Waals surface area contributed by atoms with Crippen molar-refractivity contribution in [3.05, 3.63) is 24.4 Å². The van der Waals surface area contributed by atoms with Crippen molar-refractivity contribution in [3.63, 3.8) is 0 Å².